The third kappa shape index (κ3) is 4.65. The van der Waals surface area contributed by atoms with E-state index in [0.717, 1.165) is 0 Å². The van der Waals surface area contributed by atoms with Gasteiger partial charge in [0, 0.05) is 17.3 Å². The number of benzene rings is 1. The maximum absolute atomic E-state index is 13.2. The molecule has 10 nitrogen and oxygen atoms in total. The Morgan fingerprint density at radius 3 is 2.53 bits per heavy atom. The van der Waals surface area contributed by atoms with E-state index in [1.54, 1.807) is 59.6 Å². The molecule has 0 saturated heterocycles. The summed E-state index contributed by atoms with van der Waals surface area (Å²) in [5.74, 6) is -0.792. The van der Waals surface area contributed by atoms with Crippen molar-refractivity contribution in [3.8, 4) is 11.5 Å². The highest BCUT2D eigenvalue weighted by Crippen LogP contribution is 2.27. The zero-order valence-corrected chi connectivity index (χ0v) is 18.9. The number of aromatic nitrogens is 3. The highest BCUT2D eigenvalue weighted by molar-refractivity contribution is 6.12. The summed E-state index contributed by atoms with van der Waals surface area (Å²) in [6, 6.07) is 11.6. The van der Waals surface area contributed by atoms with Crippen LogP contribution in [0.3, 0.4) is 0 Å². The number of hydrogen-bond acceptors (Lipinski definition) is 7. The zero-order chi connectivity index (χ0) is 24.2. The molecule has 0 radical (unpaired) electrons. The molecule has 0 aliphatic rings. The van der Waals surface area contributed by atoms with Crippen molar-refractivity contribution in [1.29, 1.82) is 0 Å². The molecular weight excluding hydrogens is 438 g/mol. The van der Waals surface area contributed by atoms with Crippen LogP contribution >= 0.6 is 0 Å². The molecular formula is C24H23N5O5. The summed E-state index contributed by atoms with van der Waals surface area (Å²) >= 11 is 0. The van der Waals surface area contributed by atoms with Crippen LogP contribution in [0.2, 0.25) is 0 Å². The summed E-state index contributed by atoms with van der Waals surface area (Å²) in [5.41, 5.74) is 2.32. The average Bonchev–Trinajstić information content (AvgIpc) is 3.52. The molecule has 4 aromatic rings. The van der Waals surface area contributed by atoms with E-state index in [9.17, 15) is 14.4 Å². The second kappa shape index (κ2) is 9.57. The monoisotopic (exact) mass is 461 g/mol. The maximum atomic E-state index is 13.2. The summed E-state index contributed by atoms with van der Waals surface area (Å²) < 4.78 is 11.7. The number of fused-ring (bicyclic) bond motifs is 1. The van der Waals surface area contributed by atoms with Gasteiger partial charge in [0.05, 0.1) is 30.5 Å². The van der Waals surface area contributed by atoms with E-state index in [1.807, 2.05) is 13.8 Å². The SMILES string of the molecule is COC(=O)CNC(=O)c1ccc(NC(=O)c2cc(-c3ccco3)nc3c2cnn3C(C)C)cc1. The van der Waals surface area contributed by atoms with Gasteiger partial charge in [-0.2, -0.15) is 5.10 Å². The first-order valence-corrected chi connectivity index (χ1v) is 10.6. The molecule has 0 aliphatic carbocycles. The topological polar surface area (TPSA) is 128 Å². The fourth-order valence-electron chi connectivity index (χ4n) is 3.36. The van der Waals surface area contributed by atoms with Crippen molar-refractivity contribution < 1.29 is 23.5 Å². The van der Waals surface area contributed by atoms with Crippen molar-refractivity contribution in [2.24, 2.45) is 0 Å². The molecule has 0 unspecified atom stereocenters. The lowest BCUT2D eigenvalue weighted by Gasteiger charge is -2.11. The summed E-state index contributed by atoms with van der Waals surface area (Å²) in [6.45, 7) is 3.74. The smallest absolute Gasteiger partial charge is 0.325 e. The number of nitrogens with zero attached hydrogens (tertiary/aromatic N) is 3. The number of amides is 2. The van der Waals surface area contributed by atoms with Gasteiger partial charge in [-0.05, 0) is 56.3 Å². The first kappa shape index (κ1) is 22.7. The highest BCUT2D eigenvalue weighted by atomic mass is 16.5. The first-order valence-electron chi connectivity index (χ1n) is 10.6. The van der Waals surface area contributed by atoms with Gasteiger partial charge in [0.25, 0.3) is 11.8 Å². The van der Waals surface area contributed by atoms with Crippen LogP contribution in [0.5, 0.6) is 0 Å². The Morgan fingerprint density at radius 2 is 1.88 bits per heavy atom. The largest absolute Gasteiger partial charge is 0.468 e. The van der Waals surface area contributed by atoms with Crippen LogP contribution in [-0.2, 0) is 9.53 Å². The standard InChI is InChI=1S/C24H23N5O5/c1-14(2)29-22-18(12-26-29)17(11-19(28-22)20-5-4-10-34-20)24(32)27-16-8-6-15(7-9-16)23(31)25-13-21(30)33-3/h4-12,14H,13H2,1-3H3,(H,25,31)(H,27,32). The second-order valence-electron chi connectivity index (χ2n) is 7.74. The lowest BCUT2D eigenvalue weighted by molar-refractivity contribution is -0.139. The van der Waals surface area contributed by atoms with Gasteiger partial charge < -0.3 is 19.8 Å². The van der Waals surface area contributed by atoms with Crippen LogP contribution in [0, 0.1) is 0 Å². The van der Waals surface area contributed by atoms with Gasteiger partial charge in [-0.25, -0.2) is 9.67 Å². The van der Waals surface area contributed by atoms with E-state index in [4.69, 9.17) is 4.42 Å². The van der Waals surface area contributed by atoms with E-state index in [1.165, 1.54) is 7.11 Å². The molecule has 0 bridgehead atoms. The molecule has 34 heavy (non-hydrogen) atoms. The van der Waals surface area contributed by atoms with Gasteiger partial charge in [0.2, 0.25) is 0 Å². The van der Waals surface area contributed by atoms with E-state index in [0.29, 0.717) is 39.3 Å². The third-order valence-corrected chi connectivity index (χ3v) is 5.10. The minimum Gasteiger partial charge on any atom is -0.468 e. The van der Waals surface area contributed by atoms with E-state index in [-0.39, 0.29) is 18.5 Å². The Bertz CT molecular complexity index is 1340. The molecule has 0 atom stereocenters. The Balaban J connectivity index is 1.59. The number of anilines is 1. The number of hydrogen-bond donors (Lipinski definition) is 2. The van der Waals surface area contributed by atoms with Crippen molar-refractivity contribution in [2.45, 2.75) is 19.9 Å². The lowest BCUT2D eigenvalue weighted by Crippen LogP contribution is -2.30. The van der Waals surface area contributed by atoms with Crippen molar-refractivity contribution in [2.75, 3.05) is 19.0 Å². The van der Waals surface area contributed by atoms with E-state index in [2.05, 4.69) is 25.5 Å². The number of methoxy groups -OCH3 is 1. The van der Waals surface area contributed by atoms with Gasteiger partial charge in [-0.1, -0.05) is 0 Å². The summed E-state index contributed by atoms with van der Waals surface area (Å²) in [6.07, 6.45) is 3.17. The predicted octanol–water partition coefficient (Wildman–Crippen LogP) is 3.43. The van der Waals surface area contributed by atoms with Crippen LogP contribution in [0.15, 0.2) is 59.3 Å². The minimum atomic E-state index is -0.546. The fraction of sp³-hybridized carbons (Fsp3) is 0.208. The summed E-state index contributed by atoms with van der Waals surface area (Å²) in [5, 5.41) is 10.3. The molecule has 0 spiro atoms. The summed E-state index contributed by atoms with van der Waals surface area (Å²) in [7, 11) is 1.24. The number of ether oxygens (including phenoxy) is 1. The second-order valence-corrected chi connectivity index (χ2v) is 7.74. The van der Waals surface area contributed by atoms with Crippen LogP contribution < -0.4 is 10.6 Å². The third-order valence-electron chi connectivity index (χ3n) is 5.10. The van der Waals surface area contributed by atoms with Gasteiger partial charge >= 0.3 is 5.97 Å². The molecule has 0 fully saturated rings. The van der Waals surface area contributed by atoms with Crippen LogP contribution in [0.1, 0.15) is 40.6 Å². The predicted molar refractivity (Wildman–Crippen MR) is 124 cm³/mol. The Hall–Kier alpha value is -4.47. The molecule has 0 aliphatic heterocycles. The van der Waals surface area contributed by atoms with Gasteiger partial charge in [-0.15, -0.1) is 0 Å². The van der Waals surface area contributed by atoms with Crippen molar-refractivity contribution >= 4 is 34.5 Å². The number of carbonyl (C=O) groups excluding carboxylic acids is 3. The molecule has 10 heteroatoms. The lowest BCUT2D eigenvalue weighted by atomic mass is 10.1. The quantitative estimate of drug-likeness (QED) is 0.404. The zero-order valence-electron chi connectivity index (χ0n) is 18.9. The molecule has 1 aromatic carbocycles. The number of furan rings is 1. The molecule has 2 amide bonds. The van der Waals surface area contributed by atoms with Crippen molar-refractivity contribution in [3.63, 3.8) is 0 Å². The minimum absolute atomic E-state index is 0.0469. The number of esters is 1. The van der Waals surface area contributed by atoms with Crippen molar-refractivity contribution in [1.82, 2.24) is 20.1 Å². The van der Waals surface area contributed by atoms with Gasteiger partial charge in [-0.3, -0.25) is 14.4 Å². The molecule has 2 N–H and O–H groups in total. The fourth-order valence-corrected chi connectivity index (χ4v) is 3.36. The van der Waals surface area contributed by atoms with Crippen LogP contribution in [-0.4, -0.2) is 46.2 Å². The van der Waals surface area contributed by atoms with Gasteiger partial charge in [0.15, 0.2) is 11.4 Å². The number of rotatable bonds is 7. The van der Waals surface area contributed by atoms with Crippen LogP contribution in [0.25, 0.3) is 22.5 Å². The first-order chi connectivity index (χ1) is 16.4. The van der Waals surface area contributed by atoms with E-state index < -0.39 is 11.9 Å². The molecule has 4 rings (SSSR count). The summed E-state index contributed by atoms with van der Waals surface area (Å²) in [4.78, 5) is 41.2. The molecule has 3 aromatic heterocycles. The number of carbonyl (C=O) groups is 3. The number of nitrogens with one attached hydrogen (secondary N) is 2. The Morgan fingerprint density at radius 1 is 1.12 bits per heavy atom. The maximum Gasteiger partial charge on any atom is 0.325 e. The van der Waals surface area contributed by atoms with Gasteiger partial charge in [0.1, 0.15) is 12.2 Å². The van der Waals surface area contributed by atoms with Crippen molar-refractivity contribution in [3.05, 3.63) is 66.1 Å². The number of pyridine rings is 1. The highest BCUT2D eigenvalue weighted by Gasteiger charge is 2.20. The molecule has 174 valence electrons. The normalized spacial score (nSPS) is 10.9. The molecule has 0 saturated carbocycles. The Kier molecular flexibility index (Phi) is 6.39. The van der Waals surface area contributed by atoms with Crippen LogP contribution in [0.4, 0.5) is 5.69 Å². The molecule has 3 heterocycles. The van der Waals surface area contributed by atoms with E-state index >= 15 is 0 Å². The average molecular weight is 461 g/mol. The Labute approximate surface area is 194 Å².